The summed E-state index contributed by atoms with van der Waals surface area (Å²) in [5, 5.41) is 6.23. The maximum Gasteiger partial charge on any atom is 0.325 e. The number of carbonyl (C=O) groups is 2. The van der Waals surface area contributed by atoms with Crippen molar-refractivity contribution in [2.24, 2.45) is 0 Å². The number of esters is 1. The van der Waals surface area contributed by atoms with Crippen LogP contribution in [-0.2, 0) is 16.1 Å². The van der Waals surface area contributed by atoms with E-state index in [2.05, 4.69) is 15.5 Å². The van der Waals surface area contributed by atoms with Gasteiger partial charge in [-0.2, -0.15) is 4.98 Å². The summed E-state index contributed by atoms with van der Waals surface area (Å²) in [6.45, 7) is -0.562. The van der Waals surface area contributed by atoms with Gasteiger partial charge in [0.25, 0.3) is 11.8 Å². The first-order chi connectivity index (χ1) is 13.6. The topological polar surface area (TPSA) is 126 Å². The molecule has 2 aromatic heterocycles. The lowest BCUT2D eigenvalue weighted by molar-refractivity contribution is -0.144. The van der Waals surface area contributed by atoms with Gasteiger partial charge in [0, 0.05) is 6.07 Å². The number of hydrogen-bond acceptors (Lipinski definition) is 9. The Morgan fingerprint density at radius 2 is 2.04 bits per heavy atom. The summed E-state index contributed by atoms with van der Waals surface area (Å²) in [6.07, 6.45) is 1.36. The standard InChI is InChI=1S/C18H17N3O7/c1-24-11-5-6-12(14(8-11)25-2)17-20-15(28-21-17)10-27-16(22)9-19-18(23)13-4-3-7-26-13/h3-8H,9-10H2,1-2H3,(H,19,23). The average molecular weight is 387 g/mol. The number of amides is 1. The highest BCUT2D eigenvalue weighted by Crippen LogP contribution is 2.31. The van der Waals surface area contributed by atoms with Gasteiger partial charge in [-0.3, -0.25) is 9.59 Å². The molecular weight excluding hydrogens is 370 g/mol. The van der Waals surface area contributed by atoms with Crippen LogP contribution >= 0.6 is 0 Å². The number of furan rings is 1. The van der Waals surface area contributed by atoms with Gasteiger partial charge in [-0.25, -0.2) is 0 Å². The lowest BCUT2D eigenvalue weighted by Crippen LogP contribution is -2.30. The molecule has 1 amide bonds. The lowest BCUT2D eigenvalue weighted by atomic mass is 10.2. The Balaban J connectivity index is 1.55. The van der Waals surface area contributed by atoms with Crippen LogP contribution in [0.15, 0.2) is 45.5 Å². The third kappa shape index (κ3) is 4.47. The molecule has 10 heteroatoms. The van der Waals surface area contributed by atoms with E-state index in [0.717, 1.165) is 0 Å². The molecule has 0 saturated heterocycles. The highest BCUT2D eigenvalue weighted by molar-refractivity contribution is 5.93. The van der Waals surface area contributed by atoms with Crippen LogP contribution in [0, 0.1) is 0 Å². The van der Waals surface area contributed by atoms with Crippen LogP contribution in [0.1, 0.15) is 16.4 Å². The fourth-order valence-electron chi connectivity index (χ4n) is 2.25. The highest BCUT2D eigenvalue weighted by atomic mass is 16.6. The number of rotatable bonds is 8. The maximum atomic E-state index is 11.7. The van der Waals surface area contributed by atoms with E-state index in [-0.39, 0.29) is 30.6 Å². The van der Waals surface area contributed by atoms with Gasteiger partial charge in [-0.15, -0.1) is 0 Å². The third-order valence-electron chi connectivity index (χ3n) is 3.61. The first-order valence-electron chi connectivity index (χ1n) is 8.13. The van der Waals surface area contributed by atoms with Crippen molar-refractivity contribution in [2.45, 2.75) is 6.61 Å². The minimum atomic E-state index is -0.665. The number of ether oxygens (including phenoxy) is 3. The summed E-state index contributed by atoms with van der Waals surface area (Å²) >= 11 is 0. The number of aromatic nitrogens is 2. The molecule has 2 heterocycles. The van der Waals surface area contributed by atoms with Crippen molar-refractivity contribution in [3.63, 3.8) is 0 Å². The number of benzene rings is 1. The van der Waals surface area contributed by atoms with E-state index in [9.17, 15) is 9.59 Å². The van der Waals surface area contributed by atoms with Crippen LogP contribution in [0.25, 0.3) is 11.4 Å². The number of nitrogens with zero attached hydrogens (tertiary/aromatic N) is 2. The molecule has 3 aromatic rings. The molecule has 0 aliphatic heterocycles. The van der Waals surface area contributed by atoms with Crippen LogP contribution in [0.2, 0.25) is 0 Å². The molecule has 1 aromatic carbocycles. The smallest absolute Gasteiger partial charge is 0.325 e. The Labute approximate surface area is 159 Å². The average Bonchev–Trinajstić information content (AvgIpc) is 3.42. The van der Waals surface area contributed by atoms with Crippen molar-refractivity contribution >= 4 is 11.9 Å². The van der Waals surface area contributed by atoms with Crippen molar-refractivity contribution in [1.82, 2.24) is 15.5 Å². The summed E-state index contributed by atoms with van der Waals surface area (Å²) in [5.41, 5.74) is 0.593. The fraction of sp³-hybridized carbons (Fsp3) is 0.222. The molecule has 1 N–H and O–H groups in total. The second-order valence-electron chi connectivity index (χ2n) is 5.40. The minimum absolute atomic E-state index is 0.0959. The molecule has 0 saturated carbocycles. The molecule has 0 radical (unpaired) electrons. The van der Waals surface area contributed by atoms with Gasteiger partial charge in [0.05, 0.1) is 26.0 Å². The zero-order valence-corrected chi connectivity index (χ0v) is 15.1. The normalized spacial score (nSPS) is 10.4. The molecule has 28 heavy (non-hydrogen) atoms. The second-order valence-corrected chi connectivity index (χ2v) is 5.40. The van der Waals surface area contributed by atoms with Gasteiger partial charge in [0.2, 0.25) is 5.82 Å². The van der Waals surface area contributed by atoms with E-state index >= 15 is 0 Å². The molecule has 10 nitrogen and oxygen atoms in total. The first-order valence-corrected chi connectivity index (χ1v) is 8.13. The van der Waals surface area contributed by atoms with E-state index in [1.54, 1.807) is 31.4 Å². The largest absolute Gasteiger partial charge is 0.497 e. The number of methoxy groups -OCH3 is 2. The summed E-state index contributed by atoms with van der Waals surface area (Å²) in [6, 6.07) is 8.19. The van der Waals surface area contributed by atoms with Gasteiger partial charge in [-0.1, -0.05) is 5.16 Å². The Kier molecular flexibility index (Phi) is 5.90. The Bertz CT molecular complexity index is 950. The van der Waals surface area contributed by atoms with E-state index in [1.165, 1.54) is 19.4 Å². The van der Waals surface area contributed by atoms with Gasteiger partial charge < -0.3 is 28.5 Å². The molecule has 0 aliphatic carbocycles. The van der Waals surface area contributed by atoms with Crippen molar-refractivity contribution in [2.75, 3.05) is 20.8 Å². The van der Waals surface area contributed by atoms with Crippen molar-refractivity contribution in [1.29, 1.82) is 0 Å². The maximum absolute atomic E-state index is 11.7. The SMILES string of the molecule is COc1ccc(-c2noc(COC(=O)CNC(=O)c3ccco3)n2)c(OC)c1. The van der Waals surface area contributed by atoms with E-state index in [0.29, 0.717) is 17.1 Å². The van der Waals surface area contributed by atoms with Crippen LogP contribution < -0.4 is 14.8 Å². The molecule has 146 valence electrons. The lowest BCUT2D eigenvalue weighted by Gasteiger charge is -2.07. The first kappa shape index (κ1) is 19.0. The Hall–Kier alpha value is -3.82. The molecule has 0 atom stereocenters. The summed E-state index contributed by atoms with van der Waals surface area (Å²) in [4.78, 5) is 27.6. The molecule has 0 aliphatic rings. The zero-order chi connectivity index (χ0) is 19.9. The van der Waals surface area contributed by atoms with Crippen molar-refractivity contribution in [3.8, 4) is 22.9 Å². The monoisotopic (exact) mass is 387 g/mol. The Morgan fingerprint density at radius 3 is 2.75 bits per heavy atom. The Morgan fingerprint density at radius 1 is 1.18 bits per heavy atom. The van der Waals surface area contributed by atoms with E-state index in [1.807, 2.05) is 0 Å². The van der Waals surface area contributed by atoms with Gasteiger partial charge >= 0.3 is 5.97 Å². The molecular formula is C18H17N3O7. The van der Waals surface area contributed by atoms with E-state index in [4.69, 9.17) is 23.2 Å². The van der Waals surface area contributed by atoms with Crippen molar-refractivity contribution < 1.29 is 32.7 Å². The zero-order valence-electron chi connectivity index (χ0n) is 15.1. The molecule has 3 rings (SSSR count). The second kappa shape index (κ2) is 8.71. The quantitative estimate of drug-likeness (QED) is 0.576. The van der Waals surface area contributed by atoms with Crippen LogP contribution in [0.4, 0.5) is 0 Å². The minimum Gasteiger partial charge on any atom is -0.497 e. The third-order valence-corrected chi connectivity index (χ3v) is 3.61. The summed E-state index contributed by atoms with van der Waals surface area (Å²) < 4.78 is 25.5. The van der Waals surface area contributed by atoms with Crippen LogP contribution in [0.5, 0.6) is 11.5 Å². The van der Waals surface area contributed by atoms with Crippen LogP contribution in [0.3, 0.4) is 0 Å². The summed E-state index contributed by atoms with van der Waals surface area (Å²) in [7, 11) is 3.06. The molecule has 0 bridgehead atoms. The summed E-state index contributed by atoms with van der Waals surface area (Å²) in [5.74, 6) is 0.410. The number of nitrogens with one attached hydrogen (secondary N) is 1. The van der Waals surface area contributed by atoms with Gasteiger partial charge in [0.15, 0.2) is 12.4 Å². The predicted octanol–water partition coefficient (Wildman–Crippen LogP) is 1.82. The molecule has 0 unspecified atom stereocenters. The van der Waals surface area contributed by atoms with Crippen LogP contribution in [-0.4, -0.2) is 42.8 Å². The van der Waals surface area contributed by atoms with Gasteiger partial charge in [0.1, 0.15) is 18.0 Å². The fourth-order valence-corrected chi connectivity index (χ4v) is 2.25. The van der Waals surface area contributed by atoms with E-state index < -0.39 is 11.9 Å². The van der Waals surface area contributed by atoms with Gasteiger partial charge in [-0.05, 0) is 24.3 Å². The molecule has 0 spiro atoms. The predicted molar refractivity (Wildman–Crippen MR) is 93.7 cm³/mol. The van der Waals surface area contributed by atoms with Crippen molar-refractivity contribution in [3.05, 3.63) is 48.2 Å². The molecule has 0 fully saturated rings. The number of hydrogen-bond donors (Lipinski definition) is 1. The highest BCUT2D eigenvalue weighted by Gasteiger charge is 2.16. The number of carbonyl (C=O) groups excluding carboxylic acids is 2.